The van der Waals surface area contributed by atoms with E-state index in [4.69, 9.17) is 11.6 Å². The van der Waals surface area contributed by atoms with Gasteiger partial charge in [-0.05, 0) is 49.1 Å². The molecule has 0 aromatic heterocycles. The van der Waals surface area contributed by atoms with Gasteiger partial charge in [0, 0.05) is 16.9 Å². The molecule has 1 rings (SSSR count). The zero-order chi connectivity index (χ0) is 13.4. The zero-order valence-electron chi connectivity index (χ0n) is 10.7. The van der Waals surface area contributed by atoms with Gasteiger partial charge in [0.15, 0.2) is 0 Å². The summed E-state index contributed by atoms with van der Waals surface area (Å²) in [6, 6.07) is 4.97. The van der Waals surface area contributed by atoms with E-state index < -0.39 is 0 Å². The molecule has 1 N–H and O–H groups in total. The first-order valence-electron chi connectivity index (χ1n) is 6.37. The van der Waals surface area contributed by atoms with Crippen molar-refractivity contribution in [2.24, 2.45) is 5.92 Å². The maximum absolute atomic E-state index is 13.2. The van der Waals surface area contributed by atoms with Crippen LogP contribution < -0.4 is 5.32 Å². The van der Waals surface area contributed by atoms with Crippen LogP contribution in [0.15, 0.2) is 22.7 Å². The summed E-state index contributed by atoms with van der Waals surface area (Å²) in [5.41, 5.74) is 0.961. The topological polar surface area (TPSA) is 12.0 Å². The molecular weight excluding hydrogens is 317 g/mol. The second-order valence-electron chi connectivity index (χ2n) is 4.54. The highest BCUT2D eigenvalue weighted by atomic mass is 79.9. The predicted octanol–water partition coefficient (Wildman–Crippen LogP) is 4.72. The Bertz CT molecular complexity index is 333. The summed E-state index contributed by atoms with van der Waals surface area (Å²) in [5.74, 6) is 1.12. The molecule has 0 aliphatic carbocycles. The van der Waals surface area contributed by atoms with Crippen molar-refractivity contribution in [2.75, 3.05) is 12.4 Å². The zero-order valence-corrected chi connectivity index (χ0v) is 13.0. The monoisotopic (exact) mass is 335 g/mol. The summed E-state index contributed by atoms with van der Waals surface area (Å²) in [7, 11) is 0. The first-order chi connectivity index (χ1) is 8.65. The van der Waals surface area contributed by atoms with E-state index in [9.17, 15) is 4.39 Å². The van der Waals surface area contributed by atoms with Gasteiger partial charge in [-0.3, -0.25) is 0 Å². The highest BCUT2D eigenvalue weighted by molar-refractivity contribution is 9.10. The van der Waals surface area contributed by atoms with Crippen LogP contribution in [-0.4, -0.2) is 12.4 Å². The first-order valence-corrected chi connectivity index (χ1v) is 7.70. The van der Waals surface area contributed by atoms with Crippen molar-refractivity contribution in [1.82, 2.24) is 5.32 Å². The van der Waals surface area contributed by atoms with Crippen LogP contribution in [0.5, 0.6) is 0 Å². The molecule has 0 aliphatic rings. The van der Waals surface area contributed by atoms with E-state index in [0.29, 0.717) is 18.3 Å². The van der Waals surface area contributed by atoms with Crippen LogP contribution in [0, 0.1) is 11.7 Å². The van der Waals surface area contributed by atoms with Gasteiger partial charge in [-0.15, -0.1) is 11.6 Å². The minimum atomic E-state index is -0.202. The molecule has 1 atom stereocenters. The quantitative estimate of drug-likeness (QED) is 0.677. The molecule has 0 heterocycles. The van der Waals surface area contributed by atoms with E-state index in [1.807, 2.05) is 6.07 Å². The van der Waals surface area contributed by atoms with Gasteiger partial charge >= 0.3 is 0 Å². The Kier molecular flexibility index (Phi) is 7.87. The van der Waals surface area contributed by atoms with Crippen LogP contribution in [0.2, 0.25) is 0 Å². The van der Waals surface area contributed by atoms with E-state index >= 15 is 0 Å². The number of rotatable bonds is 8. The largest absolute Gasteiger partial charge is 0.312 e. The van der Waals surface area contributed by atoms with Crippen LogP contribution in [0.3, 0.4) is 0 Å². The van der Waals surface area contributed by atoms with E-state index in [0.717, 1.165) is 23.0 Å². The molecule has 1 aromatic carbocycles. The standard InChI is InChI=1S/C14H20BrClFN/c1-2-3-11(4-5-16)9-18-10-12-6-13(15)8-14(17)7-12/h6-8,11,18H,2-5,9-10H2,1H3. The highest BCUT2D eigenvalue weighted by Crippen LogP contribution is 2.15. The van der Waals surface area contributed by atoms with Gasteiger partial charge in [0.25, 0.3) is 0 Å². The fraction of sp³-hybridized carbons (Fsp3) is 0.571. The summed E-state index contributed by atoms with van der Waals surface area (Å²) in [4.78, 5) is 0. The third-order valence-corrected chi connectivity index (χ3v) is 3.57. The summed E-state index contributed by atoms with van der Waals surface area (Å²) in [6.45, 7) is 3.82. The molecule has 0 amide bonds. The van der Waals surface area contributed by atoms with E-state index in [-0.39, 0.29) is 5.82 Å². The lowest BCUT2D eigenvalue weighted by molar-refractivity contribution is 0.430. The van der Waals surface area contributed by atoms with Gasteiger partial charge in [-0.1, -0.05) is 29.3 Å². The van der Waals surface area contributed by atoms with Crippen LogP contribution in [0.4, 0.5) is 4.39 Å². The lowest BCUT2D eigenvalue weighted by Gasteiger charge is -2.15. The van der Waals surface area contributed by atoms with Gasteiger partial charge < -0.3 is 5.32 Å². The van der Waals surface area contributed by atoms with Gasteiger partial charge in [0.1, 0.15) is 5.82 Å². The van der Waals surface area contributed by atoms with E-state index in [2.05, 4.69) is 28.2 Å². The SMILES string of the molecule is CCCC(CCCl)CNCc1cc(F)cc(Br)c1. The molecule has 102 valence electrons. The molecule has 0 spiro atoms. The molecule has 1 aromatic rings. The number of benzene rings is 1. The van der Waals surface area contributed by atoms with Crippen molar-refractivity contribution in [1.29, 1.82) is 0 Å². The Morgan fingerprint density at radius 2 is 2.11 bits per heavy atom. The number of nitrogens with one attached hydrogen (secondary N) is 1. The minimum Gasteiger partial charge on any atom is -0.312 e. The first kappa shape index (κ1) is 15.9. The normalized spacial score (nSPS) is 12.7. The average molecular weight is 337 g/mol. The van der Waals surface area contributed by atoms with Gasteiger partial charge in [-0.2, -0.15) is 0 Å². The highest BCUT2D eigenvalue weighted by Gasteiger charge is 2.07. The van der Waals surface area contributed by atoms with Gasteiger partial charge in [0.05, 0.1) is 0 Å². The number of halogens is 3. The second-order valence-corrected chi connectivity index (χ2v) is 5.83. The average Bonchev–Trinajstić information content (AvgIpc) is 2.28. The molecule has 0 bridgehead atoms. The fourth-order valence-electron chi connectivity index (χ4n) is 2.04. The van der Waals surface area contributed by atoms with Gasteiger partial charge in [0.2, 0.25) is 0 Å². The molecule has 1 nitrogen and oxygen atoms in total. The van der Waals surface area contributed by atoms with Crippen LogP contribution in [0.25, 0.3) is 0 Å². The Labute approximate surface area is 122 Å². The number of alkyl halides is 1. The Morgan fingerprint density at radius 1 is 1.33 bits per heavy atom. The van der Waals surface area contributed by atoms with Crippen LogP contribution in [0.1, 0.15) is 31.7 Å². The summed E-state index contributed by atoms with van der Waals surface area (Å²) < 4.78 is 14.0. The van der Waals surface area contributed by atoms with Crippen molar-refractivity contribution < 1.29 is 4.39 Å². The molecule has 0 radical (unpaired) electrons. The summed E-state index contributed by atoms with van der Waals surface area (Å²) >= 11 is 9.08. The molecule has 0 fully saturated rings. The number of hydrogen-bond donors (Lipinski definition) is 1. The molecule has 18 heavy (non-hydrogen) atoms. The van der Waals surface area contributed by atoms with Crippen LogP contribution >= 0.6 is 27.5 Å². The maximum atomic E-state index is 13.2. The smallest absolute Gasteiger partial charge is 0.124 e. The maximum Gasteiger partial charge on any atom is 0.124 e. The van der Waals surface area contributed by atoms with Gasteiger partial charge in [-0.25, -0.2) is 4.39 Å². The third-order valence-electron chi connectivity index (χ3n) is 2.90. The minimum absolute atomic E-state index is 0.202. The Balaban J connectivity index is 2.39. The van der Waals surface area contributed by atoms with Crippen LogP contribution in [-0.2, 0) is 6.54 Å². The summed E-state index contributed by atoms with van der Waals surface area (Å²) in [5, 5.41) is 3.38. The van der Waals surface area contributed by atoms with Crippen molar-refractivity contribution in [2.45, 2.75) is 32.7 Å². The lowest BCUT2D eigenvalue weighted by atomic mass is 10.0. The van der Waals surface area contributed by atoms with Crippen molar-refractivity contribution >= 4 is 27.5 Å². The van der Waals surface area contributed by atoms with E-state index in [1.165, 1.54) is 18.9 Å². The predicted molar refractivity (Wildman–Crippen MR) is 79.5 cm³/mol. The molecule has 1 unspecified atom stereocenters. The van der Waals surface area contributed by atoms with Crippen molar-refractivity contribution in [3.63, 3.8) is 0 Å². The molecule has 0 aliphatic heterocycles. The molecule has 0 saturated heterocycles. The second kappa shape index (κ2) is 8.89. The lowest BCUT2D eigenvalue weighted by Crippen LogP contribution is -2.23. The van der Waals surface area contributed by atoms with E-state index in [1.54, 1.807) is 6.07 Å². The van der Waals surface area contributed by atoms with Crippen molar-refractivity contribution in [3.05, 3.63) is 34.1 Å². The Hall–Kier alpha value is -0.120. The molecule has 0 saturated carbocycles. The summed E-state index contributed by atoms with van der Waals surface area (Å²) in [6.07, 6.45) is 3.40. The number of hydrogen-bond acceptors (Lipinski definition) is 1. The molecule has 4 heteroatoms. The fourth-order valence-corrected chi connectivity index (χ4v) is 2.87. The third kappa shape index (κ3) is 6.17. The molecular formula is C14H20BrClFN. The van der Waals surface area contributed by atoms with Crippen molar-refractivity contribution in [3.8, 4) is 0 Å². The Morgan fingerprint density at radius 3 is 2.72 bits per heavy atom.